The summed E-state index contributed by atoms with van der Waals surface area (Å²) in [7, 11) is 0. The van der Waals surface area contributed by atoms with E-state index in [1.54, 1.807) is 0 Å². The van der Waals surface area contributed by atoms with Crippen LogP contribution in [0.15, 0.2) is 15.2 Å². The maximum absolute atomic E-state index is 11.9. The van der Waals surface area contributed by atoms with Crippen molar-refractivity contribution in [2.75, 3.05) is 32.8 Å². The molecule has 1 unspecified atom stereocenters. The van der Waals surface area contributed by atoms with E-state index in [0.717, 1.165) is 42.2 Å². The quantitative estimate of drug-likeness (QED) is 0.916. The second-order valence-electron chi connectivity index (χ2n) is 4.43. The first kappa shape index (κ1) is 14.0. The maximum atomic E-state index is 11.9. The summed E-state index contributed by atoms with van der Waals surface area (Å²) < 4.78 is 6.28. The van der Waals surface area contributed by atoms with E-state index >= 15 is 0 Å². The number of morpholine rings is 1. The monoisotopic (exact) mass is 332 g/mol. The van der Waals surface area contributed by atoms with Gasteiger partial charge < -0.3 is 10.1 Å². The van der Waals surface area contributed by atoms with Gasteiger partial charge in [-0.25, -0.2) is 0 Å². The zero-order chi connectivity index (χ0) is 13.0. The second kappa shape index (κ2) is 6.65. The highest BCUT2D eigenvalue weighted by atomic mass is 79.9. The van der Waals surface area contributed by atoms with E-state index in [1.165, 1.54) is 11.3 Å². The number of rotatable bonds is 4. The molecule has 1 aromatic rings. The van der Waals surface area contributed by atoms with Crippen molar-refractivity contribution < 1.29 is 9.53 Å². The Morgan fingerprint density at radius 1 is 1.61 bits per heavy atom. The molecule has 1 fully saturated rings. The fourth-order valence-corrected chi connectivity index (χ4v) is 3.09. The number of carbonyl (C=O) groups is 1. The van der Waals surface area contributed by atoms with Crippen molar-refractivity contribution in [3.05, 3.63) is 20.8 Å². The molecule has 1 aromatic heterocycles. The van der Waals surface area contributed by atoms with Crippen molar-refractivity contribution in [1.29, 1.82) is 0 Å². The highest BCUT2D eigenvalue weighted by Crippen LogP contribution is 2.20. The third-order valence-electron chi connectivity index (χ3n) is 2.84. The van der Waals surface area contributed by atoms with Crippen molar-refractivity contribution in [1.82, 2.24) is 10.2 Å². The standard InChI is InChI=1S/C12H17BrN2O2S/c1-9(7-15-2-4-17-5-3-15)14-12(16)10-6-11(13)18-8-10/h6,8-9H,2-5,7H2,1H3,(H,14,16). The Bertz CT molecular complexity index is 405. The molecule has 0 bridgehead atoms. The number of hydrogen-bond acceptors (Lipinski definition) is 4. The number of thiophene rings is 1. The summed E-state index contributed by atoms with van der Waals surface area (Å²) in [6.45, 7) is 6.39. The first-order chi connectivity index (χ1) is 8.65. The molecule has 0 radical (unpaired) electrons. The largest absolute Gasteiger partial charge is 0.379 e. The van der Waals surface area contributed by atoms with Gasteiger partial charge in [-0.3, -0.25) is 9.69 Å². The Morgan fingerprint density at radius 3 is 2.94 bits per heavy atom. The summed E-state index contributed by atoms with van der Waals surface area (Å²) in [6, 6.07) is 2.00. The molecule has 2 heterocycles. The molecular formula is C12H17BrN2O2S. The van der Waals surface area contributed by atoms with E-state index in [-0.39, 0.29) is 11.9 Å². The average molecular weight is 333 g/mol. The topological polar surface area (TPSA) is 41.6 Å². The van der Waals surface area contributed by atoms with E-state index < -0.39 is 0 Å². The Kier molecular flexibility index (Phi) is 5.17. The van der Waals surface area contributed by atoms with Crippen LogP contribution in [0.2, 0.25) is 0 Å². The average Bonchev–Trinajstić information content (AvgIpc) is 2.77. The number of amides is 1. The number of ether oxygens (including phenoxy) is 1. The van der Waals surface area contributed by atoms with Crippen LogP contribution < -0.4 is 5.32 Å². The van der Waals surface area contributed by atoms with Gasteiger partial charge in [0.1, 0.15) is 0 Å². The zero-order valence-corrected chi connectivity index (χ0v) is 12.7. The highest BCUT2D eigenvalue weighted by Gasteiger charge is 2.16. The van der Waals surface area contributed by atoms with Crippen molar-refractivity contribution in [2.45, 2.75) is 13.0 Å². The van der Waals surface area contributed by atoms with Crippen LogP contribution in [0.3, 0.4) is 0 Å². The summed E-state index contributed by atoms with van der Waals surface area (Å²) in [5, 5.41) is 4.88. The van der Waals surface area contributed by atoms with E-state index in [1.807, 2.05) is 18.4 Å². The second-order valence-corrected chi connectivity index (χ2v) is 6.72. The predicted molar refractivity (Wildman–Crippen MR) is 76.2 cm³/mol. The molecule has 100 valence electrons. The molecule has 0 aliphatic carbocycles. The highest BCUT2D eigenvalue weighted by molar-refractivity contribution is 9.11. The molecule has 0 aromatic carbocycles. The summed E-state index contributed by atoms with van der Waals surface area (Å²) in [5.41, 5.74) is 0.723. The van der Waals surface area contributed by atoms with Crippen LogP contribution in [-0.2, 0) is 4.74 Å². The van der Waals surface area contributed by atoms with E-state index in [4.69, 9.17) is 4.74 Å². The van der Waals surface area contributed by atoms with Crippen molar-refractivity contribution in [2.24, 2.45) is 0 Å². The van der Waals surface area contributed by atoms with Gasteiger partial charge >= 0.3 is 0 Å². The van der Waals surface area contributed by atoms with Crippen LogP contribution in [-0.4, -0.2) is 49.7 Å². The molecule has 4 nitrogen and oxygen atoms in total. The van der Waals surface area contributed by atoms with Crippen LogP contribution in [0.25, 0.3) is 0 Å². The molecule has 6 heteroatoms. The molecule has 1 atom stereocenters. The van der Waals surface area contributed by atoms with Gasteiger partial charge in [0.15, 0.2) is 0 Å². The zero-order valence-electron chi connectivity index (χ0n) is 10.3. The van der Waals surface area contributed by atoms with E-state index in [0.29, 0.717) is 0 Å². The Morgan fingerprint density at radius 2 is 2.33 bits per heavy atom. The van der Waals surface area contributed by atoms with Gasteiger partial charge in [0, 0.05) is 31.1 Å². The third-order valence-corrected chi connectivity index (χ3v) is 4.35. The van der Waals surface area contributed by atoms with Crippen LogP contribution in [0.5, 0.6) is 0 Å². The summed E-state index contributed by atoms with van der Waals surface area (Å²) in [6.07, 6.45) is 0. The predicted octanol–water partition coefficient (Wildman–Crippen LogP) is 1.96. The normalized spacial score (nSPS) is 18.6. The Hall–Kier alpha value is -0.430. The van der Waals surface area contributed by atoms with Crippen LogP contribution in [0.1, 0.15) is 17.3 Å². The van der Waals surface area contributed by atoms with Gasteiger partial charge in [0.05, 0.1) is 22.6 Å². The maximum Gasteiger partial charge on any atom is 0.252 e. The minimum atomic E-state index is -0.00212. The van der Waals surface area contributed by atoms with Gasteiger partial charge in [-0.05, 0) is 28.9 Å². The molecular weight excluding hydrogens is 316 g/mol. The summed E-state index contributed by atoms with van der Waals surface area (Å²) in [5.74, 6) is -0.00212. The lowest BCUT2D eigenvalue weighted by molar-refractivity contribution is 0.0342. The number of halogens is 1. The third kappa shape index (κ3) is 4.05. The first-order valence-corrected chi connectivity index (χ1v) is 7.67. The molecule has 2 rings (SSSR count). The minimum absolute atomic E-state index is 0.00212. The fourth-order valence-electron chi connectivity index (χ4n) is 1.95. The summed E-state index contributed by atoms with van der Waals surface area (Å²) in [4.78, 5) is 14.3. The molecule has 1 N–H and O–H groups in total. The van der Waals surface area contributed by atoms with Gasteiger partial charge in [0.25, 0.3) is 5.91 Å². The van der Waals surface area contributed by atoms with Crippen molar-refractivity contribution in [3.63, 3.8) is 0 Å². The van der Waals surface area contributed by atoms with Gasteiger partial charge in [-0.1, -0.05) is 0 Å². The molecule has 0 spiro atoms. The Labute approximate surface area is 119 Å². The van der Waals surface area contributed by atoms with Crippen LogP contribution in [0, 0.1) is 0 Å². The number of hydrogen-bond donors (Lipinski definition) is 1. The van der Waals surface area contributed by atoms with Gasteiger partial charge in [-0.15, -0.1) is 11.3 Å². The van der Waals surface area contributed by atoms with Crippen LogP contribution >= 0.6 is 27.3 Å². The fraction of sp³-hybridized carbons (Fsp3) is 0.583. The molecule has 1 amide bonds. The minimum Gasteiger partial charge on any atom is -0.379 e. The van der Waals surface area contributed by atoms with Crippen molar-refractivity contribution >= 4 is 33.2 Å². The molecule has 18 heavy (non-hydrogen) atoms. The molecule has 1 aliphatic heterocycles. The van der Waals surface area contributed by atoms with Gasteiger partial charge in [-0.2, -0.15) is 0 Å². The smallest absolute Gasteiger partial charge is 0.252 e. The lowest BCUT2D eigenvalue weighted by atomic mass is 10.2. The Balaban J connectivity index is 1.79. The van der Waals surface area contributed by atoms with Crippen LogP contribution in [0.4, 0.5) is 0 Å². The molecule has 0 saturated carbocycles. The molecule has 1 aliphatic rings. The number of nitrogens with zero attached hydrogens (tertiary/aromatic N) is 1. The number of nitrogens with one attached hydrogen (secondary N) is 1. The number of carbonyl (C=O) groups excluding carboxylic acids is 1. The van der Waals surface area contributed by atoms with Crippen molar-refractivity contribution in [3.8, 4) is 0 Å². The van der Waals surface area contributed by atoms with Gasteiger partial charge in [0.2, 0.25) is 0 Å². The lowest BCUT2D eigenvalue weighted by Crippen LogP contribution is -2.45. The lowest BCUT2D eigenvalue weighted by Gasteiger charge is -2.29. The van der Waals surface area contributed by atoms with E-state index in [2.05, 4.69) is 26.1 Å². The molecule has 1 saturated heterocycles. The summed E-state index contributed by atoms with van der Waals surface area (Å²) >= 11 is 4.89. The van der Waals surface area contributed by atoms with E-state index in [9.17, 15) is 4.79 Å². The first-order valence-electron chi connectivity index (χ1n) is 6.00. The SMILES string of the molecule is CC(CN1CCOCC1)NC(=O)c1csc(Br)c1.